The number of hydrogen-bond acceptors (Lipinski definition) is 9. The van der Waals surface area contributed by atoms with Crippen molar-refractivity contribution in [1.82, 2.24) is 10.2 Å². The SMILES string of the molecule is COc1cc([C@@H]2c3cc4c(cc3[C@@H](CCNCCN(C)C)C3COC(=O)[C@@H]32)OCO4)cc(OC)c1O.Cl.Cl. The number of carbonyl (C=O) groups excluding carboxylic acids is 1. The van der Waals surface area contributed by atoms with Gasteiger partial charge in [0, 0.05) is 24.9 Å². The lowest BCUT2D eigenvalue weighted by atomic mass is 9.62. The minimum Gasteiger partial charge on any atom is -0.502 e. The predicted octanol–water partition coefficient (Wildman–Crippen LogP) is 3.54. The number of phenolic OH excluding ortho intramolecular Hbond substituents is 1. The maximum Gasteiger partial charge on any atom is 0.310 e. The summed E-state index contributed by atoms with van der Waals surface area (Å²) >= 11 is 0. The number of benzene rings is 2. The molecule has 1 unspecified atom stereocenters. The summed E-state index contributed by atoms with van der Waals surface area (Å²) in [5, 5.41) is 14.0. The number of methoxy groups -OCH3 is 2. The fraction of sp³-hybridized carbons (Fsp3) is 0.519. The standard InChI is InChI=1S/C27H34N2O7.2ClH/c1-29(2)8-7-28-6-5-16-17-11-20-21(36-14-35-20)12-18(17)24(25-19(16)13-34-27(25)31)15-9-22(32-3)26(30)23(10-15)33-4;;/h9-12,16,19,24-25,28,30H,5-8,13-14H2,1-4H3;2*1H/t16-,19?,24-,25+;;/m1../s1. The zero-order valence-electron chi connectivity index (χ0n) is 22.0. The smallest absolute Gasteiger partial charge is 0.310 e. The highest BCUT2D eigenvalue weighted by molar-refractivity contribution is 5.85. The minimum atomic E-state index is -0.372. The molecule has 2 aromatic carbocycles. The third kappa shape index (κ3) is 5.43. The molecule has 210 valence electrons. The second kappa shape index (κ2) is 12.5. The number of ether oxygens (including phenoxy) is 5. The van der Waals surface area contributed by atoms with Crippen molar-refractivity contribution < 1.29 is 33.6 Å². The molecule has 0 spiro atoms. The van der Waals surface area contributed by atoms with Gasteiger partial charge in [-0.3, -0.25) is 4.79 Å². The number of cyclic esters (lactones) is 1. The second-order valence-corrected chi connectivity index (χ2v) is 9.85. The van der Waals surface area contributed by atoms with E-state index in [1.54, 1.807) is 12.1 Å². The van der Waals surface area contributed by atoms with Crippen LogP contribution in [0.3, 0.4) is 0 Å². The Kier molecular flexibility index (Phi) is 9.86. The van der Waals surface area contributed by atoms with Gasteiger partial charge in [-0.05, 0) is 73.9 Å². The van der Waals surface area contributed by atoms with Crippen molar-refractivity contribution in [3.63, 3.8) is 0 Å². The van der Waals surface area contributed by atoms with Crippen LogP contribution in [0.2, 0.25) is 0 Å². The molecule has 2 aliphatic heterocycles. The first-order valence-electron chi connectivity index (χ1n) is 12.3. The van der Waals surface area contributed by atoms with Crippen LogP contribution >= 0.6 is 24.8 Å². The van der Waals surface area contributed by atoms with Gasteiger partial charge >= 0.3 is 5.97 Å². The lowest BCUT2D eigenvalue weighted by molar-refractivity contribution is -0.141. The van der Waals surface area contributed by atoms with Crippen LogP contribution in [0.4, 0.5) is 0 Å². The van der Waals surface area contributed by atoms with Gasteiger partial charge in [0.25, 0.3) is 0 Å². The van der Waals surface area contributed by atoms with Crippen LogP contribution in [0, 0.1) is 11.8 Å². The number of aromatic hydroxyl groups is 1. The van der Waals surface area contributed by atoms with Crippen LogP contribution < -0.4 is 24.3 Å². The number of esters is 1. The van der Waals surface area contributed by atoms with Crippen LogP contribution in [-0.4, -0.2) is 77.3 Å². The Balaban J connectivity index is 0.00000200. The maximum absolute atomic E-state index is 13.2. The average Bonchev–Trinajstić information content (AvgIpc) is 3.48. The summed E-state index contributed by atoms with van der Waals surface area (Å²) in [6.07, 6.45) is 0.868. The van der Waals surface area contributed by atoms with E-state index in [0.717, 1.165) is 48.5 Å². The van der Waals surface area contributed by atoms with E-state index in [1.807, 2.05) is 6.07 Å². The molecule has 1 aliphatic carbocycles. The van der Waals surface area contributed by atoms with E-state index in [2.05, 4.69) is 30.4 Å². The maximum atomic E-state index is 13.2. The van der Waals surface area contributed by atoms with E-state index in [4.69, 9.17) is 23.7 Å². The van der Waals surface area contributed by atoms with Crippen molar-refractivity contribution in [2.45, 2.75) is 18.3 Å². The molecule has 9 nitrogen and oxygen atoms in total. The molecule has 0 radical (unpaired) electrons. The molecule has 11 heteroatoms. The first kappa shape index (κ1) is 30.0. The number of nitrogens with one attached hydrogen (secondary N) is 1. The van der Waals surface area contributed by atoms with Gasteiger partial charge in [-0.15, -0.1) is 24.8 Å². The number of likely N-dealkylation sites (N-methyl/N-ethyl adjacent to an activating group) is 1. The zero-order valence-corrected chi connectivity index (χ0v) is 23.7. The molecule has 2 heterocycles. The van der Waals surface area contributed by atoms with Gasteiger partial charge in [-0.1, -0.05) is 0 Å². The molecule has 0 aromatic heterocycles. The number of halogens is 2. The third-order valence-electron chi connectivity index (χ3n) is 7.57. The molecule has 0 amide bonds. The number of rotatable bonds is 9. The lowest BCUT2D eigenvalue weighted by Gasteiger charge is -2.39. The van der Waals surface area contributed by atoms with Gasteiger partial charge in [-0.2, -0.15) is 0 Å². The highest BCUT2D eigenvalue weighted by Crippen LogP contribution is 2.56. The van der Waals surface area contributed by atoms with E-state index in [-0.39, 0.29) is 67.0 Å². The second-order valence-electron chi connectivity index (χ2n) is 9.85. The first-order chi connectivity index (χ1) is 17.4. The van der Waals surface area contributed by atoms with Crippen LogP contribution in [0.15, 0.2) is 24.3 Å². The largest absolute Gasteiger partial charge is 0.502 e. The summed E-state index contributed by atoms with van der Waals surface area (Å²) in [7, 11) is 7.11. The first-order valence-corrected chi connectivity index (χ1v) is 12.3. The lowest BCUT2D eigenvalue weighted by Crippen LogP contribution is -2.36. The molecule has 2 aromatic rings. The molecule has 0 bridgehead atoms. The Labute approximate surface area is 235 Å². The summed E-state index contributed by atoms with van der Waals surface area (Å²) in [5.41, 5.74) is 2.97. The molecule has 1 fully saturated rings. The van der Waals surface area contributed by atoms with Crippen molar-refractivity contribution in [2.24, 2.45) is 11.8 Å². The number of phenols is 1. The van der Waals surface area contributed by atoms with Crippen LogP contribution in [-0.2, 0) is 9.53 Å². The predicted molar refractivity (Wildman–Crippen MR) is 147 cm³/mol. The Bertz CT molecular complexity index is 1120. The van der Waals surface area contributed by atoms with Crippen molar-refractivity contribution in [1.29, 1.82) is 0 Å². The van der Waals surface area contributed by atoms with E-state index < -0.39 is 0 Å². The van der Waals surface area contributed by atoms with Crippen LogP contribution in [0.1, 0.15) is 34.9 Å². The molecule has 4 atom stereocenters. The van der Waals surface area contributed by atoms with E-state index in [0.29, 0.717) is 23.9 Å². The quantitative estimate of drug-likeness (QED) is 0.346. The monoisotopic (exact) mass is 570 g/mol. The topological polar surface area (TPSA) is 98.7 Å². The third-order valence-corrected chi connectivity index (χ3v) is 7.57. The summed E-state index contributed by atoms with van der Waals surface area (Å²) in [6.45, 7) is 3.24. The Hall–Kier alpha value is -2.59. The van der Waals surface area contributed by atoms with E-state index in [1.165, 1.54) is 14.2 Å². The summed E-state index contributed by atoms with van der Waals surface area (Å²) in [6, 6.07) is 7.64. The van der Waals surface area contributed by atoms with Crippen molar-refractivity contribution in [3.05, 3.63) is 41.0 Å². The van der Waals surface area contributed by atoms with E-state index >= 15 is 0 Å². The van der Waals surface area contributed by atoms with Gasteiger partial charge in [0.05, 0.1) is 26.7 Å². The summed E-state index contributed by atoms with van der Waals surface area (Å²) in [5.74, 6) is 1.16. The number of carbonyl (C=O) groups is 1. The minimum absolute atomic E-state index is 0. The highest BCUT2D eigenvalue weighted by atomic mass is 35.5. The van der Waals surface area contributed by atoms with Crippen molar-refractivity contribution >= 4 is 30.8 Å². The molecular weight excluding hydrogens is 535 g/mol. The summed E-state index contributed by atoms with van der Waals surface area (Å²) < 4.78 is 28.0. The molecule has 5 rings (SSSR count). The molecular formula is C27H36Cl2N2O7. The molecule has 3 aliphatic rings. The van der Waals surface area contributed by atoms with Crippen molar-refractivity contribution in [2.75, 3.05) is 61.3 Å². The number of hydrogen-bond donors (Lipinski definition) is 2. The van der Waals surface area contributed by atoms with E-state index in [9.17, 15) is 9.90 Å². The zero-order chi connectivity index (χ0) is 25.4. The normalized spacial score (nSPS) is 22.6. The Morgan fingerprint density at radius 3 is 2.21 bits per heavy atom. The fourth-order valence-electron chi connectivity index (χ4n) is 5.83. The van der Waals surface area contributed by atoms with Gasteiger partial charge in [0.1, 0.15) is 0 Å². The number of nitrogens with zero attached hydrogens (tertiary/aromatic N) is 1. The Morgan fingerprint density at radius 1 is 0.974 bits per heavy atom. The Morgan fingerprint density at radius 2 is 1.61 bits per heavy atom. The van der Waals surface area contributed by atoms with Gasteiger partial charge in [0.2, 0.25) is 12.5 Å². The van der Waals surface area contributed by atoms with Gasteiger partial charge in [0.15, 0.2) is 23.0 Å². The van der Waals surface area contributed by atoms with Crippen LogP contribution in [0.5, 0.6) is 28.7 Å². The average molecular weight is 571 g/mol. The molecule has 0 saturated carbocycles. The number of fused-ring (bicyclic) bond motifs is 3. The fourth-order valence-corrected chi connectivity index (χ4v) is 5.83. The summed E-state index contributed by atoms with van der Waals surface area (Å²) in [4.78, 5) is 15.3. The molecule has 1 saturated heterocycles. The highest BCUT2D eigenvalue weighted by Gasteiger charge is 2.52. The van der Waals surface area contributed by atoms with Gasteiger partial charge in [-0.25, -0.2) is 0 Å². The van der Waals surface area contributed by atoms with Gasteiger partial charge < -0.3 is 39.0 Å². The van der Waals surface area contributed by atoms with Crippen molar-refractivity contribution in [3.8, 4) is 28.7 Å². The van der Waals surface area contributed by atoms with Crippen LogP contribution in [0.25, 0.3) is 0 Å². The molecule has 2 N–H and O–H groups in total. The molecule has 38 heavy (non-hydrogen) atoms.